The quantitative estimate of drug-likeness (QED) is 0.624. The van der Waals surface area contributed by atoms with Gasteiger partial charge in [0.15, 0.2) is 0 Å². The van der Waals surface area contributed by atoms with Crippen LogP contribution in [0.2, 0.25) is 0 Å². The first-order chi connectivity index (χ1) is 8.25. The minimum Gasteiger partial charge on any atom is -0.458 e. The monoisotopic (exact) mass is 230 g/mol. The van der Waals surface area contributed by atoms with Gasteiger partial charge in [-0.15, -0.1) is 0 Å². The Bertz CT molecular complexity index is 486. The molecule has 0 fully saturated rings. The maximum Gasteiger partial charge on any atom is 0.230 e. The molecule has 0 aromatic heterocycles. The van der Waals surface area contributed by atoms with Gasteiger partial charge in [-0.05, 0) is 30.3 Å². The molecule has 0 aliphatic rings. The Balaban J connectivity index is 1.90. The molecule has 0 aliphatic heterocycles. The van der Waals surface area contributed by atoms with E-state index in [4.69, 9.17) is 20.9 Å². The molecule has 4 N–H and O–H groups in total. The summed E-state index contributed by atoms with van der Waals surface area (Å²) in [5, 5.41) is 0. The third-order valence-corrected chi connectivity index (χ3v) is 2.22. The molecule has 88 valence electrons. The van der Waals surface area contributed by atoms with Gasteiger partial charge in [-0.25, -0.2) is 0 Å². The van der Waals surface area contributed by atoms with Gasteiger partial charge in [-0.2, -0.15) is 0 Å². The zero-order chi connectivity index (χ0) is 12.1. The molecular weight excluding hydrogens is 216 g/mol. The molecule has 0 bridgehead atoms. The molecule has 2 aromatic rings. The fourth-order valence-corrected chi connectivity index (χ4v) is 1.38. The SMILES string of the molecule is Nc1ccc(OCOc2ccccc2)c(N)c1. The molecule has 0 unspecified atom stereocenters. The van der Waals surface area contributed by atoms with E-state index in [-0.39, 0.29) is 6.79 Å². The molecule has 0 amide bonds. The topological polar surface area (TPSA) is 70.5 Å². The molecule has 0 atom stereocenters. The number of nitrogens with two attached hydrogens (primary N) is 2. The van der Waals surface area contributed by atoms with Crippen molar-refractivity contribution in [1.29, 1.82) is 0 Å². The van der Waals surface area contributed by atoms with E-state index >= 15 is 0 Å². The van der Waals surface area contributed by atoms with E-state index in [0.717, 1.165) is 5.75 Å². The van der Waals surface area contributed by atoms with Crippen molar-refractivity contribution >= 4 is 11.4 Å². The zero-order valence-electron chi connectivity index (χ0n) is 9.30. The minimum absolute atomic E-state index is 0.109. The number of hydrogen-bond donors (Lipinski definition) is 2. The predicted octanol–water partition coefficient (Wildman–Crippen LogP) is 2.27. The summed E-state index contributed by atoms with van der Waals surface area (Å²) in [5.74, 6) is 1.32. The Labute approximate surface area is 99.8 Å². The fraction of sp³-hybridized carbons (Fsp3) is 0.0769. The first-order valence-corrected chi connectivity index (χ1v) is 5.21. The van der Waals surface area contributed by atoms with Crippen molar-refractivity contribution in [2.24, 2.45) is 0 Å². The van der Waals surface area contributed by atoms with Crippen LogP contribution in [0.3, 0.4) is 0 Å². The maximum absolute atomic E-state index is 5.74. The summed E-state index contributed by atoms with van der Waals surface area (Å²) in [5.41, 5.74) is 12.4. The molecule has 2 aromatic carbocycles. The van der Waals surface area contributed by atoms with Gasteiger partial charge in [-0.1, -0.05) is 18.2 Å². The lowest BCUT2D eigenvalue weighted by Crippen LogP contribution is -2.07. The number of ether oxygens (including phenoxy) is 2. The lowest BCUT2D eigenvalue weighted by molar-refractivity contribution is 0.120. The van der Waals surface area contributed by atoms with Crippen LogP contribution in [0.1, 0.15) is 0 Å². The first kappa shape index (κ1) is 11.1. The van der Waals surface area contributed by atoms with Gasteiger partial charge in [0, 0.05) is 5.69 Å². The van der Waals surface area contributed by atoms with Gasteiger partial charge in [0.2, 0.25) is 6.79 Å². The number of rotatable bonds is 4. The summed E-state index contributed by atoms with van der Waals surface area (Å²) in [4.78, 5) is 0. The summed E-state index contributed by atoms with van der Waals surface area (Å²) in [6, 6.07) is 14.5. The normalized spacial score (nSPS) is 9.88. The predicted molar refractivity (Wildman–Crippen MR) is 67.8 cm³/mol. The highest BCUT2D eigenvalue weighted by molar-refractivity contribution is 5.60. The number of benzene rings is 2. The molecule has 2 rings (SSSR count). The van der Waals surface area contributed by atoms with Crippen LogP contribution >= 0.6 is 0 Å². The molecule has 0 radical (unpaired) electrons. The maximum atomic E-state index is 5.74. The summed E-state index contributed by atoms with van der Waals surface area (Å²) in [7, 11) is 0. The lowest BCUT2D eigenvalue weighted by Gasteiger charge is -2.10. The largest absolute Gasteiger partial charge is 0.458 e. The Morgan fingerprint density at radius 2 is 1.65 bits per heavy atom. The fourth-order valence-electron chi connectivity index (χ4n) is 1.38. The summed E-state index contributed by atoms with van der Waals surface area (Å²) in [6.45, 7) is 0.109. The zero-order valence-corrected chi connectivity index (χ0v) is 9.30. The second-order valence-electron chi connectivity index (χ2n) is 3.52. The Morgan fingerprint density at radius 3 is 2.35 bits per heavy atom. The van der Waals surface area contributed by atoms with Crippen LogP contribution < -0.4 is 20.9 Å². The number of nitrogen functional groups attached to an aromatic ring is 2. The molecule has 17 heavy (non-hydrogen) atoms. The van der Waals surface area contributed by atoms with Gasteiger partial charge < -0.3 is 20.9 Å². The second kappa shape index (κ2) is 5.12. The molecule has 0 saturated carbocycles. The molecule has 4 heteroatoms. The van der Waals surface area contributed by atoms with Crippen LogP contribution in [0.4, 0.5) is 11.4 Å². The van der Waals surface area contributed by atoms with Gasteiger partial charge in [0.25, 0.3) is 0 Å². The van der Waals surface area contributed by atoms with Crippen LogP contribution in [-0.2, 0) is 0 Å². The van der Waals surface area contributed by atoms with Crippen molar-refractivity contribution in [2.45, 2.75) is 0 Å². The van der Waals surface area contributed by atoms with E-state index in [1.54, 1.807) is 18.2 Å². The summed E-state index contributed by atoms with van der Waals surface area (Å²) >= 11 is 0. The third kappa shape index (κ3) is 3.04. The highest BCUT2D eigenvalue weighted by Gasteiger charge is 2.00. The molecule has 0 heterocycles. The van der Waals surface area contributed by atoms with Gasteiger partial charge in [0.1, 0.15) is 11.5 Å². The van der Waals surface area contributed by atoms with Crippen LogP contribution in [-0.4, -0.2) is 6.79 Å². The number of para-hydroxylation sites is 1. The third-order valence-electron chi connectivity index (χ3n) is 2.22. The standard InChI is InChI=1S/C13H14N2O2/c14-10-6-7-13(12(15)8-10)17-9-16-11-4-2-1-3-5-11/h1-8H,9,14-15H2. The van der Waals surface area contributed by atoms with E-state index in [1.807, 2.05) is 30.3 Å². The van der Waals surface area contributed by atoms with Crippen molar-refractivity contribution < 1.29 is 9.47 Å². The average Bonchev–Trinajstić information content (AvgIpc) is 2.33. The van der Waals surface area contributed by atoms with E-state index in [0.29, 0.717) is 17.1 Å². The summed E-state index contributed by atoms with van der Waals surface area (Å²) in [6.07, 6.45) is 0. The number of anilines is 2. The lowest BCUT2D eigenvalue weighted by atomic mass is 10.2. The van der Waals surface area contributed by atoms with Crippen LogP contribution in [0.5, 0.6) is 11.5 Å². The van der Waals surface area contributed by atoms with Crippen LogP contribution in [0.25, 0.3) is 0 Å². The highest BCUT2D eigenvalue weighted by Crippen LogP contribution is 2.23. The van der Waals surface area contributed by atoms with Crippen molar-refractivity contribution in [3.05, 3.63) is 48.5 Å². The average molecular weight is 230 g/mol. The smallest absolute Gasteiger partial charge is 0.230 e. The minimum atomic E-state index is 0.109. The highest BCUT2D eigenvalue weighted by atomic mass is 16.7. The molecular formula is C13H14N2O2. The molecule has 0 saturated heterocycles. The Morgan fingerprint density at radius 1 is 0.882 bits per heavy atom. The Hall–Kier alpha value is -2.36. The van der Waals surface area contributed by atoms with E-state index in [2.05, 4.69) is 0 Å². The van der Waals surface area contributed by atoms with Crippen molar-refractivity contribution in [1.82, 2.24) is 0 Å². The van der Waals surface area contributed by atoms with E-state index < -0.39 is 0 Å². The second-order valence-corrected chi connectivity index (χ2v) is 3.52. The van der Waals surface area contributed by atoms with Crippen molar-refractivity contribution in [3.8, 4) is 11.5 Å². The Kier molecular flexibility index (Phi) is 3.35. The van der Waals surface area contributed by atoms with Crippen molar-refractivity contribution in [3.63, 3.8) is 0 Å². The number of hydrogen-bond acceptors (Lipinski definition) is 4. The van der Waals surface area contributed by atoms with Gasteiger partial charge in [-0.3, -0.25) is 0 Å². The molecule has 0 spiro atoms. The van der Waals surface area contributed by atoms with Crippen LogP contribution in [0, 0.1) is 0 Å². The molecule has 0 aliphatic carbocycles. The van der Waals surface area contributed by atoms with Gasteiger partial charge >= 0.3 is 0 Å². The first-order valence-electron chi connectivity index (χ1n) is 5.21. The van der Waals surface area contributed by atoms with Crippen LogP contribution in [0.15, 0.2) is 48.5 Å². The van der Waals surface area contributed by atoms with Crippen molar-refractivity contribution in [2.75, 3.05) is 18.3 Å². The van der Waals surface area contributed by atoms with Gasteiger partial charge in [0.05, 0.1) is 5.69 Å². The van der Waals surface area contributed by atoms with E-state index in [1.165, 1.54) is 0 Å². The summed E-state index contributed by atoms with van der Waals surface area (Å²) < 4.78 is 10.8. The molecule has 4 nitrogen and oxygen atoms in total. The van der Waals surface area contributed by atoms with E-state index in [9.17, 15) is 0 Å².